The van der Waals surface area contributed by atoms with Crippen molar-refractivity contribution in [3.8, 4) is 11.5 Å². The summed E-state index contributed by atoms with van der Waals surface area (Å²) in [5.74, 6) is 1.40. The highest BCUT2D eigenvalue weighted by atomic mass is 16.5. The Hall–Kier alpha value is -2.12. The van der Waals surface area contributed by atoms with E-state index >= 15 is 0 Å². The summed E-state index contributed by atoms with van der Waals surface area (Å²) in [7, 11) is 4.93. The van der Waals surface area contributed by atoms with Crippen molar-refractivity contribution in [3.05, 3.63) is 59.7 Å². The second-order valence-electron chi connectivity index (χ2n) is 6.54. The average molecular weight is 389 g/mol. The lowest BCUT2D eigenvalue weighted by atomic mass is 10.1. The van der Waals surface area contributed by atoms with E-state index in [4.69, 9.17) is 18.9 Å². The van der Waals surface area contributed by atoms with Crippen LogP contribution in [-0.4, -0.2) is 63.7 Å². The quantitative estimate of drug-likeness (QED) is 0.568. The SMILES string of the molecule is COCCN(Cc1cccc(OC)c1OC)CC(O)COCc1ccccc1. The Morgan fingerprint density at radius 3 is 2.43 bits per heavy atom. The van der Waals surface area contributed by atoms with E-state index in [1.165, 1.54) is 0 Å². The Morgan fingerprint density at radius 2 is 1.75 bits per heavy atom. The summed E-state index contributed by atoms with van der Waals surface area (Å²) in [6, 6.07) is 15.7. The molecule has 1 atom stereocenters. The molecule has 2 aromatic rings. The van der Waals surface area contributed by atoms with Gasteiger partial charge in [0.2, 0.25) is 0 Å². The van der Waals surface area contributed by atoms with E-state index in [9.17, 15) is 5.11 Å². The van der Waals surface area contributed by atoms with Gasteiger partial charge in [-0.1, -0.05) is 42.5 Å². The van der Waals surface area contributed by atoms with Crippen LogP contribution >= 0.6 is 0 Å². The molecule has 6 nitrogen and oxygen atoms in total. The van der Waals surface area contributed by atoms with Crippen LogP contribution < -0.4 is 9.47 Å². The minimum atomic E-state index is -0.600. The van der Waals surface area contributed by atoms with Gasteiger partial charge in [0.25, 0.3) is 0 Å². The molecule has 1 N–H and O–H groups in total. The fourth-order valence-corrected chi connectivity index (χ4v) is 3.01. The number of ether oxygens (including phenoxy) is 4. The predicted octanol–water partition coefficient (Wildman–Crippen LogP) is 2.73. The first-order chi connectivity index (χ1) is 13.7. The molecule has 0 amide bonds. The second-order valence-corrected chi connectivity index (χ2v) is 6.54. The zero-order chi connectivity index (χ0) is 20.2. The maximum Gasteiger partial charge on any atom is 0.165 e. The van der Waals surface area contributed by atoms with Crippen molar-refractivity contribution in [2.75, 3.05) is 47.6 Å². The van der Waals surface area contributed by atoms with E-state index < -0.39 is 6.10 Å². The third-order valence-electron chi connectivity index (χ3n) is 4.38. The summed E-state index contributed by atoms with van der Waals surface area (Å²) in [5.41, 5.74) is 2.09. The van der Waals surface area contributed by atoms with Crippen LogP contribution in [0.1, 0.15) is 11.1 Å². The Balaban J connectivity index is 1.93. The number of rotatable bonds is 13. The van der Waals surface area contributed by atoms with Crippen molar-refractivity contribution in [1.82, 2.24) is 4.90 Å². The predicted molar refractivity (Wildman–Crippen MR) is 109 cm³/mol. The minimum Gasteiger partial charge on any atom is -0.493 e. The summed E-state index contributed by atoms with van der Waals surface area (Å²) in [6.07, 6.45) is -0.600. The summed E-state index contributed by atoms with van der Waals surface area (Å²) in [6.45, 7) is 3.10. The fourth-order valence-electron chi connectivity index (χ4n) is 3.01. The van der Waals surface area contributed by atoms with Gasteiger partial charge in [-0.05, 0) is 11.6 Å². The highest BCUT2D eigenvalue weighted by Crippen LogP contribution is 2.31. The molecule has 0 heterocycles. The molecule has 0 fully saturated rings. The molecular formula is C22H31NO5. The van der Waals surface area contributed by atoms with Gasteiger partial charge in [0.15, 0.2) is 11.5 Å². The van der Waals surface area contributed by atoms with Gasteiger partial charge in [0, 0.05) is 32.3 Å². The fraction of sp³-hybridized carbons (Fsp3) is 0.455. The number of benzene rings is 2. The third-order valence-corrected chi connectivity index (χ3v) is 4.38. The van der Waals surface area contributed by atoms with E-state index in [0.717, 1.165) is 11.1 Å². The molecule has 6 heteroatoms. The van der Waals surface area contributed by atoms with E-state index in [2.05, 4.69) is 4.90 Å². The Kier molecular flexibility index (Phi) is 9.79. The van der Waals surface area contributed by atoms with E-state index in [1.807, 2.05) is 48.5 Å². The van der Waals surface area contributed by atoms with Crippen molar-refractivity contribution >= 4 is 0 Å². The molecule has 0 aromatic heterocycles. The monoisotopic (exact) mass is 389 g/mol. The second kappa shape index (κ2) is 12.4. The van der Waals surface area contributed by atoms with Crippen LogP contribution in [0, 0.1) is 0 Å². The lowest BCUT2D eigenvalue weighted by molar-refractivity contribution is 0.00467. The molecule has 0 spiro atoms. The average Bonchev–Trinajstić information content (AvgIpc) is 2.72. The van der Waals surface area contributed by atoms with Crippen molar-refractivity contribution in [3.63, 3.8) is 0 Å². The minimum absolute atomic E-state index is 0.271. The van der Waals surface area contributed by atoms with E-state index in [1.54, 1.807) is 21.3 Å². The maximum atomic E-state index is 10.4. The molecule has 2 rings (SSSR count). The maximum absolute atomic E-state index is 10.4. The van der Waals surface area contributed by atoms with Crippen LogP contribution in [0.15, 0.2) is 48.5 Å². The van der Waals surface area contributed by atoms with Crippen LogP contribution in [-0.2, 0) is 22.6 Å². The molecular weight excluding hydrogens is 358 g/mol. The molecule has 28 heavy (non-hydrogen) atoms. The number of methoxy groups -OCH3 is 3. The topological polar surface area (TPSA) is 60.4 Å². The number of aliphatic hydroxyl groups excluding tert-OH is 1. The zero-order valence-electron chi connectivity index (χ0n) is 17.0. The van der Waals surface area contributed by atoms with Gasteiger partial charge in [-0.15, -0.1) is 0 Å². The van der Waals surface area contributed by atoms with Crippen LogP contribution in [0.4, 0.5) is 0 Å². The van der Waals surface area contributed by atoms with Crippen LogP contribution in [0.3, 0.4) is 0 Å². The largest absolute Gasteiger partial charge is 0.493 e. The lowest BCUT2D eigenvalue weighted by Gasteiger charge is -2.26. The van der Waals surface area contributed by atoms with Gasteiger partial charge < -0.3 is 24.1 Å². The van der Waals surface area contributed by atoms with Gasteiger partial charge in [-0.2, -0.15) is 0 Å². The van der Waals surface area contributed by atoms with Crippen molar-refractivity contribution in [1.29, 1.82) is 0 Å². The smallest absolute Gasteiger partial charge is 0.165 e. The number of hydrogen-bond donors (Lipinski definition) is 1. The van der Waals surface area contributed by atoms with Crippen molar-refractivity contribution < 1.29 is 24.1 Å². The van der Waals surface area contributed by atoms with Crippen molar-refractivity contribution in [2.45, 2.75) is 19.3 Å². The normalized spacial score (nSPS) is 12.2. The Bertz CT molecular complexity index is 680. The van der Waals surface area contributed by atoms with E-state index in [-0.39, 0.29) is 6.61 Å². The Labute approximate surface area is 167 Å². The first-order valence-corrected chi connectivity index (χ1v) is 9.38. The molecule has 0 radical (unpaired) electrons. The van der Waals surface area contributed by atoms with Crippen LogP contribution in [0.2, 0.25) is 0 Å². The first kappa shape index (κ1) is 22.2. The molecule has 0 aliphatic rings. The highest BCUT2D eigenvalue weighted by Gasteiger charge is 2.16. The number of aliphatic hydroxyl groups is 1. The highest BCUT2D eigenvalue weighted by molar-refractivity contribution is 5.46. The molecule has 0 saturated heterocycles. The van der Waals surface area contributed by atoms with Gasteiger partial charge in [0.05, 0.1) is 40.1 Å². The van der Waals surface area contributed by atoms with Crippen LogP contribution in [0.5, 0.6) is 11.5 Å². The van der Waals surface area contributed by atoms with Crippen molar-refractivity contribution in [2.24, 2.45) is 0 Å². The summed E-state index contributed by atoms with van der Waals surface area (Å²) >= 11 is 0. The zero-order valence-corrected chi connectivity index (χ0v) is 17.0. The van der Waals surface area contributed by atoms with E-state index in [0.29, 0.717) is 44.3 Å². The molecule has 154 valence electrons. The third kappa shape index (κ3) is 7.13. The van der Waals surface area contributed by atoms with Gasteiger partial charge in [-0.3, -0.25) is 4.90 Å². The standard InChI is InChI=1S/C22H31NO5/c1-25-13-12-23(14-19-10-7-11-21(26-2)22(19)27-3)15-20(24)17-28-16-18-8-5-4-6-9-18/h4-11,20,24H,12-17H2,1-3H3. The Morgan fingerprint density at radius 1 is 0.964 bits per heavy atom. The number of para-hydroxylation sites is 1. The van der Waals surface area contributed by atoms with Crippen LogP contribution in [0.25, 0.3) is 0 Å². The molecule has 0 bridgehead atoms. The molecule has 0 saturated carbocycles. The van der Waals surface area contributed by atoms with Gasteiger partial charge in [-0.25, -0.2) is 0 Å². The lowest BCUT2D eigenvalue weighted by Crippen LogP contribution is -2.36. The van der Waals surface area contributed by atoms with Gasteiger partial charge >= 0.3 is 0 Å². The number of nitrogens with zero attached hydrogens (tertiary/aromatic N) is 1. The summed E-state index contributed by atoms with van der Waals surface area (Å²) in [4.78, 5) is 2.12. The molecule has 0 aliphatic heterocycles. The summed E-state index contributed by atoms with van der Waals surface area (Å²) < 4.78 is 21.8. The molecule has 0 aliphatic carbocycles. The molecule has 1 unspecified atom stereocenters. The van der Waals surface area contributed by atoms with Gasteiger partial charge in [0.1, 0.15) is 0 Å². The summed E-state index contributed by atoms with van der Waals surface area (Å²) in [5, 5.41) is 10.4. The number of hydrogen-bond acceptors (Lipinski definition) is 6. The molecule has 2 aromatic carbocycles. The first-order valence-electron chi connectivity index (χ1n) is 9.38.